The molecular formula is C18H20Cl2N2O2. The Hall–Kier alpha value is -1.52. The van der Waals surface area contributed by atoms with Gasteiger partial charge < -0.3 is 9.74 Å². The van der Waals surface area contributed by atoms with Crippen LogP contribution < -0.4 is 0 Å². The van der Waals surface area contributed by atoms with Gasteiger partial charge in [0.25, 0.3) is 0 Å². The van der Waals surface area contributed by atoms with Crippen LogP contribution in [0.2, 0.25) is 10.0 Å². The van der Waals surface area contributed by atoms with Gasteiger partial charge in [0.15, 0.2) is 6.10 Å². The Balaban J connectivity index is 1.61. The van der Waals surface area contributed by atoms with E-state index in [1.807, 2.05) is 11.0 Å². The molecular weight excluding hydrogens is 347 g/mol. The van der Waals surface area contributed by atoms with Crippen molar-refractivity contribution in [1.29, 1.82) is 0 Å². The monoisotopic (exact) mass is 366 g/mol. The molecule has 1 aromatic carbocycles. The van der Waals surface area contributed by atoms with E-state index in [2.05, 4.69) is 11.7 Å². The zero-order chi connectivity index (χ0) is 17.1. The average Bonchev–Trinajstić information content (AvgIpc) is 2.96. The summed E-state index contributed by atoms with van der Waals surface area (Å²) >= 11 is 12.0. The Bertz CT molecular complexity index is 671. The van der Waals surface area contributed by atoms with Gasteiger partial charge in [0.2, 0.25) is 5.91 Å². The zero-order valence-electron chi connectivity index (χ0n) is 13.4. The first-order chi connectivity index (χ1) is 11.6. The fourth-order valence-corrected chi connectivity index (χ4v) is 3.24. The van der Waals surface area contributed by atoms with Crippen molar-refractivity contribution < 1.29 is 9.63 Å². The van der Waals surface area contributed by atoms with Gasteiger partial charge in [-0.1, -0.05) is 46.9 Å². The number of hydrogen-bond acceptors (Lipinski definition) is 3. The Morgan fingerprint density at radius 1 is 1.38 bits per heavy atom. The summed E-state index contributed by atoms with van der Waals surface area (Å²) in [5.74, 6) is 0.370. The quantitative estimate of drug-likeness (QED) is 0.704. The van der Waals surface area contributed by atoms with Gasteiger partial charge in [-0.15, -0.1) is 6.58 Å². The Labute approximate surface area is 152 Å². The molecule has 1 atom stereocenters. The minimum Gasteiger partial charge on any atom is -0.390 e. The minimum atomic E-state index is -0.140. The van der Waals surface area contributed by atoms with Gasteiger partial charge in [-0.05, 0) is 25.0 Å². The third-order valence-electron chi connectivity index (χ3n) is 4.53. The molecule has 1 heterocycles. The molecule has 0 aromatic heterocycles. The summed E-state index contributed by atoms with van der Waals surface area (Å²) in [5, 5.41) is 5.17. The topological polar surface area (TPSA) is 41.9 Å². The summed E-state index contributed by atoms with van der Waals surface area (Å²) in [6, 6.07) is 5.41. The summed E-state index contributed by atoms with van der Waals surface area (Å²) < 4.78 is 0. The standard InChI is InChI=1S/C18H20Cl2N2O2/c1-2-8-22(18(23)12-4-3-5-12)11-14-10-17(21-24-14)13-6-7-15(19)16(20)9-13/h2,6-7,9,12,14H,1,3-5,8,10-11H2. The lowest BCUT2D eigenvalue weighted by atomic mass is 9.84. The normalized spacial score (nSPS) is 20.1. The molecule has 1 aliphatic carbocycles. The van der Waals surface area contributed by atoms with E-state index >= 15 is 0 Å². The molecule has 1 aliphatic heterocycles. The van der Waals surface area contributed by atoms with Gasteiger partial charge in [0, 0.05) is 24.4 Å². The van der Waals surface area contributed by atoms with Crippen LogP contribution in [0.15, 0.2) is 36.0 Å². The molecule has 1 aromatic rings. The molecule has 0 N–H and O–H groups in total. The van der Waals surface area contributed by atoms with Crippen molar-refractivity contribution in [2.24, 2.45) is 11.1 Å². The SMILES string of the molecule is C=CCN(CC1CC(c2ccc(Cl)c(Cl)c2)=NO1)C(=O)C1CCC1. The van der Waals surface area contributed by atoms with Gasteiger partial charge in [-0.2, -0.15) is 0 Å². The van der Waals surface area contributed by atoms with Crippen LogP contribution in [0.25, 0.3) is 0 Å². The lowest BCUT2D eigenvalue weighted by Crippen LogP contribution is -2.43. The summed E-state index contributed by atoms with van der Waals surface area (Å²) in [4.78, 5) is 19.9. The van der Waals surface area contributed by atoms with E-state index in [1.165, 1.54) is 0 Å². The van der Waals surface area contributed by atoms with Crippen molar-refractivity contribution in [3.8, 4) is 0 Å². The number of hydrogen-bond donors (Lipinski definition) is 0. The second-order valence-electron chi connectivity index (χ2n) is 6.26. The molecule has 0 radical (unpaired) electrons. The molecule has 4 nitrogen and oxygen atoms in total. The fourth-order valence-electron chi connectivity index (χ4n) is 2.94. The average molecular weight is 367 g/mol. The van der Waals surface area contributed by atoms with E-state index in [0.717, 1.165) is 30.5 Å². The van der Waals surface area contributed by atoms with Gasteiger partial charge >= 0.3 is 0 Å². The van der Waals surface area contributed by atoms with E-state index in [0.29, 0.717) is 29.6 Å². The number of halogens is 2. The van der Waals surface area contributed by atoms with Crippen molar-refractivity contribution >= 4 is 34.8 Å². The van der Waals surface area contributed by atoms with Crippen LogP contribution in [-0.4, -0.2) is 35.7 Å². The van der Waals surface area contributed by atoms with E-state index in [9.17, 15) is 4.79 Å². The number of carbonyl (C=O) groups excluding carboxylic acids is 1. The number of oxime groups is 1. The van der Waals surface area contributed by atoms with Gasteiger partial charge in [0.05, 0.1) is 22.3 Å². The maximum Gasteiger partial charge on any atom is 0.226 e. The molecule has 1 fully saturated rings. The van der Waals surface area contributed by atoms with Gasteiger partial charge in [0.1, 0.15) is 0 Å². The van der Waals surface area contributed by atoms with Crippen molar-refractivity contribution in [1.82, 2.24) is 4.90 Å². The van der Waals surface area contributed by atoms with Crippen LogP contribution in [0.4, 0.5) is 0 Å². The molecule has 24 heavy (non-hydrogen) atoms. The summed E-state index contributed by atoms with van der Waals surface area (Å²) in [7, 11) is 0. The first kappa shape index (κ1) is 17.3. The third kappa shape index (κ3) is 3.76. The fraction of sp³-hybridized carbons (Fsp3) is 0.444. The second kappa shape index (κ2) is 7.58. The number of amides is 1. The molecule has 0 saturated heterocycles. The Morgan fingerprint density at radius 2 is 2.17 bits per heavy atom. The highest BCUT2D eigenvalue weighted by atomic mass is 35.5. The summed E-state index contributed by atoms with van der Waals surface area (Å²) in [6.07, 6.45) is 5.38. The molecule has 1 amide bonds. The molecule has 3 rings (SSSR count). The highest BCUT2D eigenvalue weighted by Crippen LogP contribution is 2.29. The van der Waals surface area contributed by atoms with Crippen molar-refractivity contribution in [2.45, 2.75) is 31.8 Å². The van der Waals surface area contributed by atoms with E-state index in [1.54, 1.807) is 18.2 Å². The first-order valence-corrected chi connectivity index (χ1v) is 8.92. The van der Waals surface area contributed by atoms with E-state index in [4.69, 9.17) is 28.0 Å². The second-order valence-corrected chi connectivity index (χ2v) is 7.07. The number of benzene rings is 1. The molecule has 1 saturated carbocycles. The third-order valence-corrected chi connectivity index (χ3v) is 5.26. The molecule has 128 valence electrons. The number of nitrogens with zero attached hydrogens (tertiary/aromatic N) is 2. The Morgan fingerprint density at radius 3 is 2.79 bits per heavy atom. The molecule has 6 heteroatoms. The van der Waals surface area contributed by atoms with Crippen LogP contribution in [0, 0.1) is 5.92 Å². The van der Waals surface area contributed by atoms with Crippen molar-refractivity contribution in [3.05, 3.63) is 46.5 Å². The van der Waals surface area contributed by atoms with Gasteiger partial charge in [-0.25, -0.2) is 0 Å². The molecule has 2 aliphatic rings. The molecule has 1 unspecified atom stereocenters. The summed E-state index contributed by atoms with van der Waals surface area (Å²) in [6.45, 7) is 4.81. The van der Waals surface area contributed by atoms with Crippen LogP contribution in [0.3, 0.4) is 0 Å². The molecule has 0 bridgehead atoms. The van der Waals surface area contributed by atoms with Crippen LogP contribution in [0.1, 0.15) is 31.2 Å². The smallest absolute Gasteiger partial charge is 0.226 e. The summed E-state index contributed by atoms with van der Waals surface area (Å²) in [5.41, 5.74) is 1.72. The largest absolute Gasteiger partial charge is 0.390 e. The Kier molecular flexibility index (Phi) is 5.47. The van der Waals surface area contributed by atoms with Crippen LogP contribution >= 0.6 is 23.2 Å². The predicted molar refractivity (Wildman–Crippen MR) is 96.6 cm³/mol. The number of rotatable bonds is 6. The zero-order valence-corrected chi connectivity index (χ0v) is 14.9. The van der Waals surface area contributed by atoms with Crippen LogP contribution in [0.5, 0.6) is 0 Å². The highest BCUT2D eigenvalue weighted by Gasteiger charge is 2.32. The van der Waals surface area contributed by atoms with Gasteiger partial charge in [-0.3, -0.25) is 4.79 Å². The lowest BCUT2D eigenvalue weighted by molar-refractivity contribution is -0.139. The highest BCUT2D eigenvalue weighted by molar-refractivity contribution is 6.42. The lowest BCUT2D eigenvalue weighted by Gasteiger charge is -2.32. The van der Waals surface area contributed by atoms with E-state index < -0.39 is 0 Å². The maximum absolute atomic E-state index is 12.5. The van der Waals surface area contributed by atoms with Crippen molar-refractivity contribution in [2.75, 3.05) is 13.1 Å². The minimum absolute atomic E-state index is 0.140. The molecule has 0 spiro atoms. The first-order valence-electron chi connectivity index (χ1n) is 8.16. The maximum atomic E-state index is 12.5. The van der Waals surface area contributed by atoms with Crippen molar-refractivity contribution in [3.63, 3.8) is 0 Å². The number of carbonyl (C=O) groups is 1. The van der Waals surface area contributed by atoms with Crippen LogP contribution in [-0.2, 0) is 9.63 Å². The van der Waals surface area contributed by atoms with E-state index in [-0.39, 0.29) is 17.9 Å². The predicted octanol–water partition coefficient (Wildman–Crippen LogP) is 4.30.